The van der Waals surface area contributed by atoms with Crippen molar-refractivity contribution in [2.24, 2.45) is 0 Å². The first-order chi connectivity index (χ1) is 9.21. The van der Waals surface area contributed by atoms with Crippen molar-refractivity contribution in [3.63, 3.8) is 0 Å². The Morgan fingerprint density at radius 1 is 1.26 bits per heavy atom. The molecule has 0 bridgehead atoms. The summed E-state index contributed by atoms with van der Waals surface area (Å²) in [6.07, 6.45) is 1.58. The van der Waals surface area contributed by atoms with E-state index in [-0.39, 0.29) is 0 Å². The van der Waals surface area contributed by atoms with Crippen LogP contribution in [0.5, 0.6) is 5.88 Å². The molecule has 0 radical (unpaired) electrons. The van der Waals surface area contributed by atoms with Gasteiger partial charge in [-0.15, -0.1) is 0 Å². The van der Waals surface area contributed by atoms with E-state index in [1.54, 1.807) is 6.07 Å². The van der Waals surface area contributed by atoms with Gasteiger partial charge in [0.2, 0.25) is 11.8 Å². The van der Waals surface area contributed by atoms with E-state index in [4.69, 9.17) is 14.2 Å². The van der Waals surface area contributed by atoms with Crippen molar-refractivity contribution >= 4 is 5.69 Å². The second-order valence-corrected chi connectivity index (χ2v) is 4.79. The van der Waals surface area contributed by atoms with Crippen LogP contribution in [-0.4, -0.2) is 44.2 Å². The first-order valence-electron chi connectivity index (χ1n) is 6.45. The van der Waals surface area contributed by atoms with Crippen LogP contribution in [0.3, 0.4) is 0 Å². The number of aromatic nitrogens is 1. The zero-order valence-corrected chi connectivity index (χ0v) is 10.9. The summed E-state index contributed by atoms with van der Waals surface area (Å²) in [6.45, 7) is 2.87. The Bertz CT molecular complexity index is 453. The van der Waals surface area contributed by atoms with Gasteiger partial charge in [-0.05, 0) is 0 Å². The minimum absolute atomic E-state index is 0.295. The molecule has 0 aromatic carbocycles. The van der Waals surface area contributed by atoms with Crippen LogP contribution in [0.1, 0.15) is 12.8 Å². The lowest BCUT2D eigenvalue weighted by molar-refractivity contribution is -0.169. The van der Waals surface area contributed by atoms with Crippen molar-refractivity contribution in [3.8, 4) is 5.88 Å². The lowest BCUT2D eigenvalue weighted by Gasteiger charge is -2.38. The number of hydrogen-bond acceptors (Lipinski definition) is 5. The van der Waals surface area contributed by atoms with Gasteiger partial charge in [0, 0.05) is 43.8 Å². The van der Waals surface area contributed by atoms with Crippen molar-refractivity contribution in [1.29, 1.82) is 0 Å². The quantitative estimate of drug-likeness (QED) is 0.762. The molecule has 2 fully saturated rings. The molecule has 0 unspecified atom stereocenters. The van der Waals surface area contributed by atoms with Crippen LogP contribution in [0.25, 0.3) is 0 Å². The molecule has 0 amide bonds. The minimum Gasteiger partial charge on any atom is -0.481 e. The van der Waals surface area contributed by atoms with E-state index in [1.807, 2.05) is 0 Å². The second kappa shape index (κ2) is 4.94. The largest absolute Gasteiger partial charge is 0.481 e. The molecule has 1 aromatic heterocycles. The molecule has 2 saturated heterocycles. The van der Waals surface area contributed by atoms with Crippen molar-refractivity contribution in [2.45, 2.75) is 18.6 Å². The summed E-state index contributed by atoms with van der Waals surface area (Å²) in [7, 11) is 1.48. The maximum absolute atomic E-state index is 13.4. The zero-order chi connectivity index (χ0) is 13.3. The molecule has 104 valence electrons. The number of piperidine rings is 1. The topological polar surface area (TPSA) is 43.8 Å². The number of ether oxygens (including phenoxy) is 3. The highest BCUT2D eigenvalue weighted by molar-refractivity contribution is 5.48. The first-order valence-corrected chi connectivity index (χ1v) is 6.45. The Kier molecular flexibility index (Phi) is 3.28. The first kappa shape index (κ1) is 12.6. The van der Waals surface area contributed by atoms with Gasteiger partial charge in [0.15, 0.2) is 5.79 Å². The van der Waals surface area contributed by atoms with Gasteiger partial charge in [-0.1, -0.05) is 0 Å². The van der Waals surface area contributed by atoms with Crippen molar-refractivity contribution < 1.29 is 18.6 Å². The number of methoxy groups -OCH3 is 1. The van der Waals surface area contributed by atoms with Gasteiger partial charge in [0.1, 0.15) is 0 Å². The van der Waals surface area contributed by atoms with E-state index in [1.165, 1.54) is 13.2 Å². The Hall–Kier alpha value is -1.40. The molecule has 5 nitrogen and oxygen atoms in total. The molecule has 1 spiro atoms. The summed E-state index contributed by atoms with van der Waals surface area (Å²) in [5, 5.41) is 0. The van der Waals surface area contributed by atoms with Gasteiger partial charge in [-0.3, -0.25) is 0 Å². The van der Waals surface area contributed by atoms with Crippen LogP contribution < -0.4 is 9.64 Å². The van der Waals surface area contributed by atoms with E-state index in [2.05, 4.69) is 9.88 Å². The molecule has 1 aromatic rings. The number of halogens is 1. The summed E-state index contributed by atoms with van der Waals surface area (Å²) in [5.41, 5.74) is 0.789. The number of rotatable bonds is 2. The molecular formula is C13H17FN2O3. The molecule has 2 aliphatic rings. The van der Waals surface area contributed by atoms with Crippen LogP contribution in [0.15, 0.2) is 12.1 Å². The fourth-order valence-corrected chi connectivity index (χ4v) is 2.64. The highest BCUT2D eigenvalue weighted by Gasteiger charge is 2.39. The minimum atomic E-state index is -0.525. The van der Waals surface area contributed by atoms with Gasteiger partial charge in [0.05, 0.1) is 20.3 Å². The zero-order valence-electron chi connectivity index (χ0n) is 10.9. The number of hydrogen-bond donors (Lipinski definition) is 0. The molecule has 6 heteroatoms. The van der Waals surface area contributed by atoms with Crippen LogP contribution in [0.4, 0.5) is 10.1 Å². The van der Waals surface area contributed by atoms with Crippen molar-refractivity contribution in [1.82, 2.24) is 4.98 Å². The molecule has 3 heterocycles. The SMILES string of the molecule is COc1cc(N2CCC3(CC2)OCCO3)cc(F)n1. The van der Waals surface area contributed by atoms with E-state index in [0.717, 1.165) is 31.6 Å². The maximum atomic E-state index is 13.4. The third-order valence-electron chi connectivity index (χ3n) is 3.67. The standard InChI is InChI=1S/C13H17FN2O3/c1-17-12-9-10(8-11(14)15-12)16-4-2-13(3-5-16)18-6-7-19-13/h8-9H,2-7H2,1H3. The van der Waals surface area contributed by atoms with Crippen molar-refractivity contribution in [3.05, 3.63) is 18.1 Å². The summed E-state index contributed by atoms with van der Waals surface area (Å²) in [6, 6.07) is 3.17. The summed E-state index contributed by atoms with van der Waals surface area (Å²) in [5.74, 6) is -0.641. The van der Waals surface area contributed by atoms with Gasteiger partial charge in [0.25, 0.3) is 0 Å². The molecular weight excluding hydrogens is 251 g/mol. The van der Waals surface area contributed by atoms with Crippen LogP contribution >= 0.6 is 0 Å². The highest BCUT2D eigenvalue weighted by atomic mass is 19.1. The van der Waals surface area contributed by atoms with E-state index >= 15 is 0 Å². The fourth-order valence-electron chi connectivity index (χ4n) is 2.64. The van der Waals surface area contributed by atoms with Gasteiger partial charge in [-0.25, -0.2) is 0 Å². The molecule has 19 heavy (non-hydrogen) atoms. The Balaban J connectivity index is 1.72. The lowest BCUT2D eigenvalue weighted by atomic mass is 10.0. The normalized spacial score (nSPS) is 21.9. The molecule has 0 N–H and O–H groups in total. The van der Waals surface area contributed by atoms with E-state index < -0.39 is 11.7 Å². The predicted octanol–water partition coefficient (Wildman–Crippen LogP) is 1.57. The monoisotopic (exact) mass is 268 g/mol. The smallest absolute Gasteiger partial charge is 0.218 e. The third kappa shape index (κ3) is 2.50. The molecule has 3 rings (SSSR count). The summed E-state index contributed by atoms with van der Waals surface area (Å²) in [4.78, 5) is 5.75. The number of nitrogens with zero attached hydrogens (tertiary/aromatic N) is 2. The Morgan fingerprint density at radius 3 is 2.58 bits per heavy atom. The predicted molar refractivity (Wildman–Crippen MR) is 66.8 cm³/mol. The van der Waals surface area contributed by atoms with Crippen LogP contribution in [-0.2, 0) is 9.47 Å². The summed E-state index contributed by atoms with van der Waals surface area (Å²) < 4.78 is 29.7. The van der Waals surface area contributed by atoms with Crippen molar-refractivity contribution in [2.75, 3.05) is 38.3 Å². The van der Waals surface area contributed by atoms with Gasteiger partial charge < -0.3 is 19.1 Å². The van der Waals surface area contributed by atoms with E-state index in [0.29, 0.717) is 19.1 Å². The number of anilines is 1. The molecule has 2 aliphatic heterocycles. The third-order valence-corrected chi connectivity index (χ3v) is 3.67. The lowest BCUT2D eigenvalue weighted by Crippen LogP contribution is -2.45. The molecule has 0 saturated carbocycles. The van der Waals surface area contributed by atoms with Crippen LogP contribution in [0.2, 0.25) is 0 Å². The number of pyridine rings is 1. The Labute approximate surface area is 111 Å². The van der Waals surface area contributed by atoms with Crippen LogP contribution in [0, 0.1) is 5.95 Å². The average molecular weight is 268 g/mol. The average Bonchev–Trinajstić information content (AvgIpc) is 2.87. The van der Waals surface area contributed by atoms with E-state index in [9.17, 15) is 4.39 Å². The van der Waals surface area contributed by atoms with Gasteiger partial charge in [-0.2, -0.15) is 9.37 Å². The highest BCUT2D eigenvalue weighted by Crippen LogP contribution is 2.33. The van der Waals surface area contributed by atoms with Gasteiger partial charge >= 0.3 is 0 Å². The Morgan fingerprint density at radius 2 is 1.95 bits per heavy atom. The second-order valence-electron chi connectivity index (χ2n) is 4.79. The molecule has 0 aliphatic carbocycles. The molecule has 0 atom stereocenters. The summed E-state index contributed by atoms with van der Waals surface area (Å²) >= 11 is 0. The fraction of sp³-hybridized carbons (Fsp3) is 0.615. The maximum Gasteiger partial charge on any atom is 0.218 e.